The van der Waals surface area contributed by atoms with E-state index in [4.69, 9.17) is 4.74 Å². The molecule has 0 aromatic heterocycles. The first-order valence-corrected chi connectivity index (χ1v) is 9.18. The second kappa shape index (κ2) is 4.84. The fourth-order valence-corrected chi connectivity index (χ4v) is 2.72. The molecule has 0 aliphatic carbocycles. The monoisotopic (exact) mass is 222 g/mol. The summed E-state index contributed by atoms with van der Waals surface area (Å²) in [6.07, 6.45) is 1.07. The lowest BCUT2D eigenvalue weighted by Crippen LogP contribution is -2.37. The molecule has 0 saturated heterocycles. The van der Waals surface area contributed by atoms with Crippen LogP contribution in [0.3, 0.4) is 0 Å². The fraction of sp³-hybridized carbons (Fsp3) is 0.538. The molecule has 2 heteroatoms. The molecule has 1 rings (SSSR count). The summed E-state index contributed by atoms with van der Waals surface area (Å²) in [5, 5.41) is 1.48. The lowest BCUT2D eigenvalue weighted by molar-refractivity contribution is 0.317. The Morgan fingerprint density at radius 3 is 2.33 bits per heavy atom. The highest BCUT2D eigenvalue weighted by atomic mass is 28.3. The van der Waals surface area contributed by atoms with E-state index in [1.165, 1.54) is 10.8 Å². The van der Waals surface area contributed by atoms with E-state index in [2.05, 4.69) is 51.7 Å². The van der Waals surface area contributed by atoms with E-state index in [0.717, 1.165) is 18.8 Å². The standard InChI is InChI=1S/C13H22OSi/c1-6-7-14-12-8-11(2)9-13(10-12)15(3,4)5/h8-10H,6-7H2,1-5H3. The Morgan fingerprint density at radius 2 is 1.80 bits per heavy atom. The Morgan fingerprint density at radius 1 is 1.13 bits per heavy atom. The molecule has 0 unspecified atom stereocenters. The summed E-state index contributed by atoms with van der Waals surface area (Å²) < 4.78 is 5.69. The Kier molecular flexibility index (Phi) is 3.97. The van der Waals surface area contributed by atoms with Gasteiger partial charge in [0.05, 0.1) is 14.7 Å². The average Bonchev–Trinajstić information content (AvgIpc) is 2.12. The third kappa shape index (κ3) is 3.71. The lowest BCUT2D eigenvalue weighted by Gasteiger charge is -2.18. The number of hydrogen-bond acceptors (Lipinski definition) is 1. The van der Waals surface area contributed by atoms with Crippen molar-refractivity contribution >= 4 is 13.3 Å². The molecule has 0 spiro atoms. The summed E-state index contributed by atoms with van der Waals surface area (Å²) in [5.74, 6) is 1.04. The van der Waals surface area contributed by atoms with Crippen molar-refractivity contribution in [2.75, 3.05) is 6.61 Å². The minimum atomic E-state index is -1.22. The van der Waals surface area contributed by atoms with E-state index in [1.807, 2.05) is 0 Å². The fourth-order valence-electron chi connectivity index (χ4n) is 1.48. The number of aryl methyl sites for hydroxylation is 1. The molecule has 0 saturated carbocycles. The maximum absolute atomic E-state index is 5.69. The van der Waals surface area contributed by atoms with Gasteiger partial charge < -0.3 is 4.74 Å². The molecule has 0 atom stereocenters. The van der Waals surface area contributed by atoms with Gasteiger partial charge in [0.1, 0.15) is 5.75 Å². The summed E-state index contributed by atoms with van der Waals surface area (Å²) in [7, 11) is -1.22. The van der Waals surface area contributed by atoms with Crippen molar-refractivity contribution in [1.29, 1.82) is 0 Å². The molecule has 84 valence electrons. The van der Waals surface area contributed by atoms with E-state index in [0.29, 0.717) is 0 Å². The minimum absolute atomic E-state index is 0.814. The van der Waals surface area contributed by atoms with Crippen LogP contribution >= 0.6 is 0 Å². The molecule has 0 radical (unpaired) electrons. The molecule has 0 bridgehead atoms. The summed E-state index contributed by atoms with van der Waals surface area (Å²) >= 11 is 0. The van der Waals surface area contributed by atoms with Gasteiger partial charge in [-0.25, -0.2) is 0 Å². The topological polar surface area (TPSA) is 9.23 Å². The molecule has 0 fully saturated rings. The summed E-state index contributed by atoms with van der Waals surface area (Å²) in [4.78, 5) is 0. The van der Waals surface area contributed by atoms with Gasteiger partial charge in [-0.2, -0.15) is 0 Å². The summed E-state index contributed by atoms with van der Waals surface area (Å²) in [6, 6.07) is 6.64. The normalized spacial score (nSPS) is 11.5. The smallest absolute Gasteiger partial charge is 0.119 e. The van der Waals surface area contributed by atoms with Crippen molar-refractivity contribution in [2.24, 2.45) is 0 Å². The van der Waals surface area contributed by atoms with Crippen molar-refractivity contribution in [3.8, 4) is 5.75 Å². The maximum atomic E-state index is 5.69. The molecule has 0 N–H and O–H groups in total. The van der Waals surface area contributed by atoms with Gasteiger partial charge in [0, 0.05) is 0 Å². The number of hydrogen-bond donors (Lipinski definition) is 0. The zero-order chi connectivity index (χ0) is 11.5. The van der Waals surface area contributed by atoms with Gasteiger partial charge in [-0.1, -0.05) is 37.8 Å². The van der Waals surface area contributed by atoms with Gasteiger partial charge in [0.25, 0.3) is 0 Å². The first-order chi connectivity index (χ1) is 6.93. The van der Waals surface area contributed by atoms with E-state index < -0.39 is 8.07 Å². The summed E-state index contributed by atoms with van der Waals surface area (Å²) in [5.41, 5.74) is 1.31. The van der Waals surface area contributed by atoms with Crippen molar-refractivity contribution < 1.29 is 4.74 Å². The van der Waals surface area contributed by atoms with Crippen molar-refractivity contribution in [3.63, 3.8) is 0 Å². The van der Waals surface area contributed by atoms with Crippen molar-refractivity contribution in [1.82, 2.24) is 0 Å². The van der Waals surface area contributed by atoms with E-state index >= 15 is 0 Å². The van der Waals surface area contributed by atoms with Crippen LogP contribution < -0.4 is 9.92 Å². The predicted octanol–water partition coefficient (Wildman–Crippen LogP) is 3.33. The molecular formula is C13H22OSi. The summed E-state index contributed by atoms with van der Waals surface area (Å²) in [6.45, 7) is 12.2. The molecule has 0 heterocycles. The van der Waals surface area contributed by atoms with Crippen LogP contribution in [0.5, 0.6) is 5.75 Å². The first kappa shape index (κ1) is 12.3. The predicted molar refractivity (Wildman–Crippen MR) is 69.9 cm³/mol. The molecule has 0 amide bonds. The lowest BCUT2D eigenvalue weighted by atomic mass is 10.2. The van der Waals surface area contributed by atoms with E-state index in [9.17, 15) is 0 Å². The van der Waals surface area contributed by atoms with Crippen molar-refractivity contribution in [2.45, 2.75) is 39.9 Å². The number of benzene rings is 1. The van der Waals surface area contributed by atoms with Gasteiger partial charge in [-0.05, 0) is 31.0 Å². The molecule has 1 aromatic rings. The van der Waals surface area contributed by atoms with Crippen LogP contribution in [0.25, 0.3) is 0 Å². The average molecular weight is 222 g/mol. The quantitative estimate of drug-likeness (QED) is 0.710. The maximum Gasteiger partial charge on any atom is 0.119 e. The molecular weight excluding hydrogens is 200 g/mol. The highest BCUT2D eigenvalue weighted by Crippen LogP contribution is 2.14. The van der Waals surface area contributed by atoms with Crippen LogP contribution in [0.15, 0.2) is 18.2 Å². The zero-order valence-corrected chi connectivity index (χ0v) is 11.6. The van der Waals surface area contributed by atoms with Gasteiger partial charge in [-0.3, -0.25) is 0 Å². The largest absolute Gasteiger partial charge is 0.494 e. The highest BCUT2D eigenvalue weighted by Gasteiger charge is 2.17. The zero-order valence-electron chi connectivity index (χ0n) is 10.6. The van der Waals surface area contributed by atoms with Crippen LogP contribution in [-0.2, 0) is 0 Å². The van der Waals surface area contributed by atoms with Gasteiger partial charge in [0.15, 0.2) is 0 Å². The van der Waals surface area contributed by atoms with E-state index in [-0.39, 0.29) is 0 Å². The molecule has 15 heavy (non-hydrogen) atoms. The second-order valence-electron chi connectivity index (χ2n) is 5.13. The molecule has 1 nitrogen and oxygen atoms in total. The van der Waals surface area contributed by atoms with Crippen molar-refractivity contribution in [3.05, 3.63) is 23.8 Å². The van der Waals surface area contributed by atoms with Crippen LogP contribution in [0.4, 0.5) is 0 Å². The molecule has 0 aliphatic rings. The molecule has 0 aliphatic heterocycles. The first-order valence-electron chi connectivity index (χ1n) is 5.68. The minimum Gasteiger partial charge on any atom is -0.494 e. The van der Waals surface area contributed by atoms with Gasteiger partial charge >= 0.3 is 0 Å². The third-order valence-corrected chi connectivity index (χ3v) is 4.41. The third-order valence-electron chi connectivity index (χ3n) is 2.39. The van der Waals surface area contributed by atoms with Crippen LogP contribution in [0.1, 0.15) is 18.9 Å². The Hall–Kier alpha value is -0.763. The van der Waals surface area contributed by atoms with Crippen LogP contribution in [0, 0.1) is 6.92 Å². The Labute approximate surface area is 94.5 Å². The van der Waals surface area contributed by atoms with Gasteiger partial charge in [-0.15, -0.1) is 0 Å². The molecule has 1 aromatic carbocycles. The number of rotatable bonds is 4. The van der Waals surface area contributed by atoms with E-state index in [1.54, 1.807) is 0 Å². The van der Waals surface area contributed by atoms with Crippen LogP contribution in [-0.4, -0.2) is 14.7 Å². The second-order valence-corrected chi connectivity index (χ2v) is 10.2. The highest BCUT2D eigenvalue weighted by molar-refractivity contribution is 6.88. The van der Waals surface area contributed by atoms with Crippen LogP contribution in [0.2, 0.25) is 19.6 Å². The Bertz CT molecular complexity index is 326. The SMILES string of the molecule is CCCOc1cc(C)cc([Si](C)(C)C)c1. The van der Waals surface area contributed by atoms with Gasteiger partial charge in [0.2, 0.25) is 0 Å². The Balaban J connectivity index is 2.95. The number of ether oxygens (including phenoxy) is 1.